The second-order valence-electron chi connectivity index (χ2n) is 4.90. The molecule has 1 saturated carbocycles. The summed E-state index contributed by atoms with van der Waals surface area (Å²) in [4.78, 5) is 6.60. The van der Waals surface area contributed by atoms with E-state index in [4.69, 9.17) is 5.73 Å². The quantitative estimate of drug-likeness (QED) is 0.863. The Morgan fingerprint density at radius 1 is 1.29 bits per heavy atom. The number of nitrogens with two attached hydrogens (primary N) is 1. The van der Waals surface area contributed by atoms with Crippen molar-refractivity contribution < 1.29 is 0 Å². The molecule has 0 bridgehead atoms. The molecule has 1 aromatic rings. The monoisotopic (exact) mass is 229 g/mol. The van der Waals surface area contributed by atoms with Crippen molar-refractivity contribution in [2.75, 3.05) is 13.1 Å². The molecular weight excluding hydrogens is 210 g/mol. The molecule has 17 heavy (non-hydrogen) atoms. The van der Waals surface area contributed by atoms with E-state index in [2.05, 4.69) is 41.1 Å². The third kappa shape index (κ3) is 1.79. The summed E-state index contributed by atoms with van der Waals surface area (Å²) in [5, 5.41) is 0. The molecule has 3 rings (SSSR count). The van der Waals surface area contributed by atoms with Gasteiger partial charge in [-0.05, 0) is 36.8 Å². The normalized spacial score (nSPS) is 23.9. The van der Waals surface area contributed by atoms with Crippen LogP contribution in [0.15, 0.2) is 29.3 Å². The highest BCUT2D eigenvalue weighted by atomic mass is 15.3. The Hall–Kier alpha value is -1.51. The lowest BCUT2D eigenvalue weighted by atomic mass is 9.96. The predicted molar refractivity (Wildman–Crippen MR) is 70.0 cm³/mol. The van der Waals surface area contributed by atoms with E-state index in [1.54, 1.807) is 0 Å². The second kappa shape index (κ2) is 4.06. The molecular formula is C14H19N3. The topological polar surface area (TPSA) is 41.6 Å². The molecule has 3 heteroatoms. The first-order valence-corrected chi connectivity index (χ1v) is 6.46. The number of likely N-dealkylation sites (N-methyl/N-ethyl adjacent to an activating group) is 1. The van der Waals surface area contributed by atoms with Crippen molar-refractivity contribution in [3.63, 3.8) is 0 Å². The molecule has 1 fully saturated rings. The van der Waals surface area contributed by atoms with Gasteiger partial charge in [0.1, 0.15) is 0 Å². The van der Waals surface area contributed by atoms with E-state index >= 15 is 0 Å². The zero-order valence-electron chi connectivity index (χ0n) is 10.3. The molecule has 2 N–H and O–H groups in total. The molecule has 0 aromatic heterocycles. The van der Waals surface area contributed by atoms with Crippen LogP contribution in [-0.2, 0) is 0 Å². The van der Waals surface area contributed by atoms with Gasteiger partial charge in [-0.3, -0.25) is 4.99 Å². The number of benzene rings is 1. The van der Waals surface area contributed by atoms with Gasteiger partial charge in [-0.1, -0.05) is 24.3 Å². The van der Waals surface area contributed by atoms with Crippen molar-refractivity contribution in [2.45, 2.75) is 31.7 Å². The Kier molecular flexibility index (Phi) is 2.54. The van der Waals surface area contributed by atoms with E-state index in [0.29, 0.717) is 12.0 Å². The van der Waals surface area contributed by atoms with Crippen LogP contribution in [0.2, 0.25) is 0 Å². The highest BCUT2D eigenvalue weighted by molar-refractivity contribution is 5.80. The minimum Gasteiger partial charge on any atom is -0.370 e. The Labute approximate surface area is 102 Å². The molecule has 1 aliphatic heterocycles. The molecule has 0 amide bonds. The van der Waals surface area contributed by atoms with Gasteiger partial charge in [0.2, 0.25) is 0 Å². The van der Waals surface area contributed by atoms with Crippen LogP contribution in [0.4, 0.5) is 0 Å². The lowest BCUT2D eigenvalue weighted by Crippen LogP contribution is -2.36. The number of rotatable bonds is 3. The lowest BCUT2D eigenvalue weighted by molar-refractivity contribution is 0.362. The van der Waals surface area contributed by atoms with Crippen molar-refractivity contribution in [1.29, 1.82) is 0 Å². The Morgan fingerprint density at radius 3 is 2.65 bits per heavy atom. The van der Waals surface area contributed by atoms with Gasteiger partial charge in [-0.15, -0.1) is 0 Å². The number of nitrogens with zero attached hydrogens (tertiary/aromatic N) is 2. The summed E-state index contributed by atoms with van der Waals surface area (Å²) in [5.41, 5.74) is 8.88. The minimum atomic E-state index is 0.358. The molecule has 90 valence electrons. The molecule has 2 aliphatic rings. The van der Waals surface area contributed by atoms with Crippen LogP contribution in [0, 0.1) is 0 Å². The van der Waals surface area contributed by atoms with Gasteiger partial charge in [0.15, 0.2) is 5.96 Å². The number of guanidine groups is 1. The van der Waals surface area contributed by atoms with Gasteiger partial charge < -0.3 is 10.6 Å². The highest BCUT2D eigenvalue weighted by Gasteiger charge is 2.32. The average Bonchev–Trinajstić information content (AvgIpc) is 3.13. The van der Waals surface area contributed by atoms with E-state index in [1.165, 1.54) is 24.0 Å². The summed E-state index contributed by atoms with van der Waals surface area (Å²) in [6.07, 6.45) is 2.68. The van der Waals surface area contributed by atoms with Crippen LogP contribution in [-0.4, -0.2) is 23.9 Å². The van der Waals surface area contributed by atoms with Gasteiger partial charge in [0.25, 0.3) is 0 Å². The van der Waals surface area contributed by atoms with Crippen LogP contribution in [0.1, 0.15) is 42.9 Å². The van der Waals surface area contributed by atoms with Crippen LogP contribution in [0.5, 0.6) is 0 Å². The van der Waals surface area contributed by atoms with E-state index in [9.17, 15) is 0 Å². The number of hydrogen-bond acceptors (Lipinski definition) is 3. The standard InChI is InChI=1S/C14H19N3/c1-2-17-13(9-16-14(17)15)12-6-4-3-5-11(12)10-7-8-10/h3-6,10,13H,2,7-9H2,1H3,(H2,15,16). The van der Waals surface area contributed by atoms with E-state index in [1.807, 2.05) is 0 Å². The third-order valence-corrected chi connectivity index (χ3v) is 3.81. The van der Waals surface area contributed by atoms with E-state index < -0.39 is 0 Å². The maximum Gasteiger partial charge on any atom is 0.191 e. The van der Waals surface area contributed by atoms with Crippen molar-refractivity contribution in [2.24, 2.45) is 10.7 Å². The largest absolute Gasteiger partial charge is 0.370 e. The molecule has 3 nitrogen and oxygen atoms in total. The predicted octanol–water partition coefficient (Wildman–Crippen LogP) is 2.26. The van der Waals surface area contributed by atoms with Gasteiger partial charge >= 0.3 is 0 Å². The first-order valence-electron chi connectivity index (χ1n) is 6.46. The Bertz CT molecular complexity index is 449. The van der Waals surface area contributed by atoms with E-state index in [0.717, 1.165) is 19.0 Å². The first-order chi connectivity index (χ1) is 8.31. The molecule has 0 saturated heterocycles. The van der Waals surface area contributed by atoms with Crippen LogP contribution < -0.4 is 5.73 Å². The van der Waals surface area contributed by atoms with Crippen molar-refractivity contribution in [1.82, 2.24) is 4.90 Å². The molecule has 1 aromatic carbocycles. The van der Waals surface area contributed by atoms with Crippen LogP contribution >= 0.6 is 0 Å². The van der Waals surface area contributed by atoms with Crippen molar-refractivity contribution >= 4 is 5.96 Å². The summed E-state index contributed by atoms with van der Waals surface area (Å²) < 4.78 is 0. The molecule has 1 aliphatic carbocycles. The number of hydrogen-bond donors (Lipinski definition) is 1. The second-order valence-corrected chi connectivity index (χ2v) is 4.90. The first kappa shape index (κ1) is 10.6. The zero-order chi connectivity index (χ0) is 11.8. The van der Waals surface area contributed by atoms with Crippen LogP contribution in [0.25, 0.3) is 0 Å². The summed E-state index contributed by atoms with van der Waals surface area (Å²) >= 11 is 0. The molecule has 1 heterocycles. The van der Waals surface area contributed by atoms with Gasteiger partial charge in [0.05, 0.1) is 12.6 Å². The van der Waals surface area contributed by atoms with Gasteiger partial charge in [-0.25, -0.2) is 0 Å². The maximum absolute atomic E-state index is 5.93. The van der Waals surface area contributed by atoms with E-state index in [-0.39, 0.29) is 0 Å². The Morgan fingerprint density at radius 2 is 2.00 bits per heavy atom. The average molecular weight is 229 g/mol. The fourth-order valence-electron chi connectivity index (χ4n) is 2.76. The highest BCUT2D eigenvalue weighted by Crippen LogP contribution is 2.44. The SMILES string of the molecule is CCN1C(N)=NCC1c1ccccc1C1CC1. The fourth-order valence-corrected chi connectivity index (χ4v) is 2.76. The van der Waals surface area contributed by atoms with Crippen molar-refractivity contribution in [3.8, 4) is 0 Å². The molecule has 0 spiro atoms. The molecule has 1 unspecified atom stereocenters. The van der Waals surface area contributed by atoms with Gasteiger partial charge in [0, 0.05) is 6.54 Å². The lowest BCUT2D eigenvalue weighted by Gasteiger charge is -2.26. The zero-order valence-corrected chi connectivity index (χ0v) is 10.3. The fraction of sp³-hybridized carbons (Fsp3) is 0.500. The molecule has 0 radical (unpaired) electrons. The third-order valence-electron chi connectivity index (χ3n) is 3.81. The Balaban J connectivity index is 1.94. The number of aliphatic imine (C=N–C) groups is 1. The summed E-state index contributed by atoms with van der Waals surface area (Å²) in [6, 6.07) is 9.15. The van der Waals surface area contributed by atoms with Crippen molar-refractivity contribution in [3.05, 3.63) is 35.4 Å². The maximum atomic E-state index is 5.93. The molecule has 1 atom stereocenters. The van der Waals surface area contributed by atoms with Gasteiger partial charge in [-0.2, -0.15) is 0 Å². The summed E-state index contributed by atoms with van der Waals surface area (Å²) in [7, 11) is 0. The minimum absolute atomic E-state index is 0.358. The smallest absolute Gasteiger partial charge is 0.191 e. The summed E-state index contributed by atoms with van der Waals surface area (Å²) in [6.45, 7) is 3.88. The van der Waals surface area contributed by atoms with Crippen LogP contribution in [0.3, 0.4) is 0 Å². The summed E-state index contributed by atoms with van der Waals surface area (Å²) in [5.74, 6) is 1.48.